The highest BCUT2D eigenvalue weighted by Crippen LogP contribution is 2.23. The average molecular weight is 261 g/mol. The Morgan fingerprint density at radius 2 is 2.00 bits per heavy atom. The smallest absolute Gasteiger partial charge is 0.347 e. The van der Waals surface area contributed by atoms with Gasteiger partial charge in [0.1, 0.15) is 11.4 Å². The molecule has 0 spiro atoms. The summed E-state index contributed by atoms with van der Waals surface area (Å²) in [7, 11) is 0. The maximum atomic E-state index is 13.6. The van der Waals surface area contributed by atoms with Crippen molar-refractivity contribution >= 4 is 11.9 Å². The Balaban J connectivity index is 3.15. The number of primary amides is 1. The zero-order valence-electron chi connectivity index (χ0n) is 8.89. The van der Waals surface area contributed by atoms with Crippen LogP contribution in [0.25, 0.3) is 0 Å². The van der Waals surface area contributed by atoms with Crippen LogP contribution in [-0.4, -0.2) is 34.8 Å². The van der Waals surface area contributed by atoms with Gasteiger partial charge in [-0.25, -0.2) is 13.6 Å². The van der Waals surface area contributed by atoms with E-state index >= 15 is 0 Å². The van der Waals surface area contributed by atoms with Crippen molar-refractivity contribution in [2.45, 2.75) is 6.10 Å². The third-order valence-electron chi connectivity index (χ3n) is 2.01. The van der Waals surface area contributed by atoms with Crippen molar-refractivity contribution in [1.82, 2.24) is 0 Å². The molecule has 4 N–H and O–H groups in total. The van der Waals surface area contributed by atoms with Crippen molar-refractivity contribution in [1.29, 1.82) is 0 Å². The third kappa shape index (κ3) is 2.72. The molecule has 6 nitrogen and oxygen atoms in total. The topological polar surface area (TPSA) is 110 Å². The van der Waals surface area contributed by atoms with Gasteiger partial charge in [-0.1, -0.05) is 0 Å². The molecule has 8 heteroatoms. The molecule has 1 atom stereocenters. The number of hydrogen-bond acceptors (Lipinski definition) is 4. The van der Waals surface area contributed by atoms with Crippen LogP contribution < -0.4 is 10.5 Å². The molecule has 0 aliphatic heterocycles. The molecule has 0 bridgehead atoms. The number of amides is 1. The molecule has 18 heavy (non-hydrogen) atoms. The second-order valence-electron chi connectivity index (χ2n) is 3.23. The summed E-state index contributed by atoms with van der Waals surface area (Å²) in [6.45, 7) is -0.919. The number of aliphatic hydroxyl groups is 1. The summed E-state index contributed by atoms with van der Waals surface area (Å²) in [6, 6.07) is 1.50. The Labute approximate surface area is 99.6 Å². The van der Waals surface area contributed by atoms with E-state index in [1.165, 1.54) is 0 Å². The molecule has 0 aliphatic rings. The number of rotatable bonds is 5. The molecule has 98 valence electrons. The van der Waals surface area contributed by atoms with Gasteiger partial charge in [0, 0.05) is 0 Å². The van der Waals surface area contributed by atoms with E-state index in [0.717, 1.165) is 6.07 Å². The number of ether oxygens (including phenoxy) is 1. The summed E-state index contributed by atoms with van der Waals surface area (Å²) in [5.74, 6) is -6.19. The minimum absolute atomic E-state index is 0.688. The van der Waals surface area contributed by atoms with Gasteiger partial charge < -0.3 is 20.7 Å². The Bertz CT molecular complexity index is 491. The third-order valence-corrected chi connectivity index (χ3v) is 2.01. The zero-order chi connectivity index (χ0) is 13.9. The molecule has 1 aromatic rings. The number of carbonyl (C=O) groups is 2. The lowest BCUT2D eigenvalue weighted by molar-refractivity contribution is -0.146. The van der Waals surface area contributed by atoms with Gasteiger partial charge >= 0.3 is 5.97 Å². The minimum Gasteiger partial charge on any atom is -0.478 e. The van der Waals surface area contributed by atoms with E-state index in [0.29, 0.717) is 6.07 Å². The monoisotopic (exact) mass is 261 g/mol. The second-order valence-corrected chi connectivity index (χ2v) is 3.23. The number of carboxylic acid groups (broad SMARTS) is 1. The molecule has 0 saturated carbocycles. The summed E-state index contributed by atoms with van der Waals surface area (Å²) < 4.78 is 31.3. The van der Waals surface area contributed by atoms with Gasteiger partial charge in [0.05, 0.1) is 6.61 Å². The number of nitrogens with two attached hydrogens (primary N) is 1. The van der Waals surface area contributed by atoms with Crippen LogP contribution in [0.4, 0.5) is 8.78 Å². The molecular weight excluding hydrogens is 252 g/mol. The summed E-state index contributed by atoms with van der Waals surface area (Å²) in [6.07, 6.45) is -1.73. The summed E-state index contributed by atoms with van der Waals surface area (Å²) in [5, 5.41) is 17.3. The Morgan fingerprint density at radius 1 is 1.39 bits per heavy atom. The second kappa shape index (κ2) is 5.41. The zero-order valence-corrected chi connectivity index (χ0v) is 8.89. The van der Waals surface area contributed by atoms with Gasteiger partial charge in [-0.15, -0.1) is 0 Å². The molecule has 0 aromatic heterocycles. The molecular formula is C10H9F2NO5. The van der Waals surface area contributed by atoms with Crippen LogP contribution in [0.15, 0.2) is 12.1 Å². The Hall–Kier alpha value is -2.22. The standard InChI is InChI=1S/C10H9F2NO5/c11-4-1-2-5(8(12)7(4)9(13)15)18-6(3-14)10(16)17/h1-2,6,14H,3H2,(H2,13,15)(H,16,17). The lowest BCUT2D eigenvalue weighted by Crippen LogP contribution is -2.31. The first-order valence-corrected chi connectivity index (χ1v) is 4.66. The molecule has 1 aromatic carbocycles. The first-order valence-electron chi connectivity index (χ1n) is 4.66. The number of benzene rings is 1. The van der Waals surface area contributed by atoms with E-state index in [1.807, 2.05) is 0 Å². The predicted molar refractivity (Wildman–Crippen MR) is 54.0 cm³/mol. The summed E-state index contributed by atoms with van der Waals surface area (Å²) >= 11 is 0. The number of aliphatic carboxylic acids is 1. The fourth-order valence-corrected chi connectivity index (χ4v) is 1.17. The largest absolute Gasteiger partial charge is 0.478 e. The fraction of sp³-hybridized carbons (Fsp3) is 0.200. The quantitative estimate of drug-likeness (QED) is 0.685. The molecule has 1 amide bonds. The van der Waals surface area contributed by atoms with Crippen molar-refractivity contribution in [2.24, 2.45) is 5.73 Å². The van der Waals surface area contributed by atoms with Crippen LogP contribution in [0.3, 0.4) is 0 Å². The van der Waals surface area contributed by atoms with Crippen molar-refractivity contribution < 1.29 is 33.3 Å². The number of carboxylic acids is 1. The highest BCUT2D eigenvalue weighted by atomic mass is 19.1. The summed E-state index contributed by atoms with van der Waals surface area (Å²) in [5.41, 5.74) is 3.73. The van der Waals surface area contributed by atoms with Gasteiger partial charge in [-0.3, -0.25) is 4.79 Å². The highest BCUT2D eigenvalue weighted by Gasteiger charge is 2.24. The van der Waals surface area contributed by atoms with E-state index < -0.39 is 47.5 Å². The molecule has 1 rings (SSSR count). The molecule has 0 fully saturated rings. The van der Waals surface area contributed by atoms with Gasteiger partial charge in [0.25, 0.3) is 5.91 Å². The van der Waals surface area contributed by atoms with E-state index in [2.05, 4.69) is 4.74 Å². The molecule has 0 heterocycles. The molecule has 0 aliphatic carbocycles. The first-order chi connectivity index (χ1) is 8.38. The number of hydrogen-bond donors (Lipinski definition) is 3. The van der Waals surface area contributed by atoms with Crippen LogP contribution in [0.2, 0.25) is 0 Å². The van der Waals surface area contributed by atoms with Crippen molar-refractivity contribution in [3.63, 3.8) is 0 Å². The van der Waals surface area contributed by atoms with Gasteiger partial charge in [-0.05, 0) is 12.1 Å². The average Bonchev–Trinajstić information content (AvgIpc) is 2.27. The lowest BCUT2D eigenvalue weighted by Gasteiger charge is -2.14. The van der Waals surface area contributed by atoms with Crippen molar-refractivity contribution in [3.05, 3.63) is 29.3 Å². The Kier molecular flexibility index (Phi) is 4.16. The lowest BCUT2D eigenvalue weighted by atomic mass is 10.1. The normalized spacial score (nSPS) is 11.9. The minimum atomic E-state index is -1.73. The van der Waals surface area contributed by atoms with Crippen molar-refractivity contribution in [2.75, 3.05) is 6.61 Å². The maximum Gasteiger partial charge on any atom is 0.347 e. The van der Waals surface area contributed by atoms with Crippen LogP contribution in [0, 0.1) is 11.6 Å². The number of carbonyl (C=O) groups excluding carboxylic acids is 1. The molecule has 0 saturated heterocycles. The van der Waals surface area contributed by atoms with E-state index in [4.69, 9.17) is 15.9 Å². The van der Waals surface area contributed by atoms with Gasteiger partial charge in [0.2, 0.25) is 6.10 Å². The van der Waals surface area contributed by atoms with E-state index in [9.17, 15) is 18.4 Å². The van der Waals surface area contributed by atoms with Crippen LogP contribution in [0.5, 0.6) is 5.75 Å². The van der Waals surface area contributed by atoms with Crippen molar-refractivity contribution in [3.8, 4) is 5.75 Å². The van der Waals surface area contributed by atoms with E-state index in [1.54, 1.807) is 0 Å². The van der Waals surface area contributed by atoms with E-state index in [-0.39, 0.29) is 0 Å². The SMILES string of the molecule is NC(=O)c1c(F)ccc(OC(CO)C(=O)O)c1F. The molecule has 1 unspecified atom stereocenters. The number of halogens is 2. The van der Waals surface area contributed by atoms with Crippen LogP contribution in [0.1, 0.15) is 10.4 Å². The summed E-state index contributed by atoms with van der Waals surface area (Å²) in [4.78, 5) is 21.4. The van der Waals surface area contributed by atoms with Gasteiger partial charge in [-0.2, -0.15) is 0 Å². The van der Waals surface area contributed by atoms with Crippen LogP contribution >= 0.6 is 0 Å². The first kappa shape index (κ1) is 13.8. The fourth-order valence-electron chi connectivity index (χ4n) is 1.17. The maximum absolute atomic E-state index is 13.6. The predicted octanol–water partition coefficient (Wildman–Crippen LogP) is -0.112. The van der Waals surface area contributed by atoms with Crippen LogP contribution in [-0.2, 0) is 4.79 Å². The Morgan fingerprint density at radius 3 is 2.44 bits per heavy atom. The van der Waals surface area contributed by atoms with Gasteiger partial charge in [0.15, 0.2) is 11.6 Å². The molecule has 0 radical (unpaired) electrons. The number of aliphatic hydroxyl groups excluding tert-OH is 1. The highest BCUT2D eigenvalue weighted by molar-refractivity contribution is 5.93.